The van der Waals surface area contributed by atoms with Gasteiger partial charge in [-0.1, -0.05) is 158 Å². The Hall–Kier alpha value is -7.36. The van der Waals surface area contributed by atoms with Gasteiger partial charge in [-0.15, -0.1) is 0 Å². The van der Waals surface area contributed by atoms with Crippen molar-refractivity contribution in [3.05, 3.63) is 194 Å². The lowest BCUT2D eigenvalue weighted by molar-refractivity contribution is 0.670. The van der Waals surface area contributed by atoms with E-state index in [9.17, 15) is 0 Å². The molecule has 0 atom stereocenters. The maximum absolute atomic E-state index is 6.59. The highest BCUT2D eigenvalue weighted by molar-refractivity contribution is 6.11. The highest BCUT2D eigenvalue weighted by atomic mass is 16.3. The first kappa shape index (κ1) is 31.2. The van der Waals surface area contributed by atoms with Crippen LogP contribution >= 0.6 is 0 Å². The lowest BCUT2D eigenvalue weighted by Gasteiger charge is -2.15. The van der Waals surface area contributed by atoms with Crippen molar-refractivity contribution in [1.29, 1.82) is 0 Å². The largest absolute Gasteiger partial charge is 0.455 e. The van der Waals surface area contributed by atoms with Crippen LogP contribution in [0, 0.1) is 0 Å². The first-order valence-corrected chi connectivity index (χ1v) is 18.6. The Labute approximate surface area is 317 Å². The molecule has 0 radical (unpaired) electrons. The van der Waals surface area contributed by atoms with E-state index < -0.39 is 0 Å². The molecule has 3 nitrogen and oxygen atoms in total. The van der Waals surface area contributed by atoms with E-state index in [1.807, 2.05) is 30.3 Å². The zero-order valence-electron chi connectivity index (χ0n) is 29.8. The van der Waals surface area contributed by atoms with Crippen LogP contribution in [0.4, 0.5) is 0 Å². The summed E-state index contributed by atoms with van der Waals surface area (Å²) in [4.78, 5) is 10.5. The predicted octanol–water partition coefficient (Wildman–Crippen LogP) is 14.2. The van der Waals surface area contributed by atoms with Crippen molar-refractivity contribution in [1.82, 2.24) is 9.97 Å². The molecule has 55 heavy (non-hydrogen) atoms. The van der Waals surface area contributed by atoms with Gasteiger partial charge < -0.3 is 4.42 Å². The number of hydrogen-bond acceptors (Lipinski definition) is 3. The number of rotatable bonds is 5. The lowest BCUT2D eigenvalue weighted by Crippen LogP contribution is -1.97. The minimum Gasteiger partial charge on any atom is -0.455 e. The Morgan fingerprint density at radius 3 is 1.71 bits per heavy atom. The maximum Gasteiger partial charge on any atom is 0.160 e. The number of aromatic nitrogens is 2. The number of para-hydroxylation sites is 2. The summed E-state index contributed by atoms with van der Waals surface area (Å²) in [5, 5.41) is 9.47. The predicted molar refractivity (Wildman–Crippen MR) is 229 cm³/mol. The summed E-state index contributed by atoms with van der Waals surface area (Å²) in [6.45, 7) is 0. The van der Waals surface area contributed by atoms with Gasteiger partial charge in [0, 0.05) is 33.0 Å². The molecule has 0 saturated carbocycles. The Morgan fingerprint density at radius 2 is 0.873 bits per heavy atom. The highest BCUT2D eigenvalue weighted by Crippen LogP contribution is 2.41. The molecule has 0 saturated heterocycles. The first-order chi connectivity index (χ1) is 27.2. The minimum absolute atomic E-state index is 0.683. The van der Waals surface area contributed by atoms with Crippen molar-refractivity contribution in [3.8, 4) is 56.2 Å². The number of hydrogen-bond donors (Lipinski definition) is 0. The molecule has 9 aromatic carbocycles. The van der Waals surface area contributed by atoms with E-state index in [0.29, 0.717) is 5.82 Å². The average molecular weight is 701 g/mol. The first-order valence-electron chi connectivity index (χ1n) is 18.6. The fraction of sp³-hybridized carbons (Fsp3) is 0. The van der Waals surface area contributed by atoms with Crippen molar-refractivity contribution in [2.24, 2.45) is 0 Å². The second-order valence-electron chi connectivity index (χ2n) is 14.2. The normalized spacial score (nSPS) is 11.6. The molecule has 0 spiro atoms. The van der Waals surface area contributed by atoms with Crippen LogP contribution in [0.2, 0.25) is 0 Å². The van der Waals surface area contributed by atoms with Gasteiger partial charge >= 0.3 is 0 Å². The molecule has 0 N–H and O–H groups in total. The highest BCUT2D eigenvalue weighted by Gasteiger charge is 2.18. The zero-order valence-corrected chi connectivity index (χ0v) is 29.8. The van der Waals surface area contributed by atoms with Crippen LogP contribution in [0.5, 0.6) is 0 Å². The Kier molecular flexibility index (Phi) is 7.17. The molecule has 256 valence electrons. The third-order valence-electron chi connectivity index (χ3n) is 10.8. The van der Waals surface area contributed by atoms with Gasteiger partial charge in [-0.25, -0.2) is 9.97 Å². The lowest BCUT2D eigenvalue weighted by atomic mass is 9.91. The monoisotopic (exact) mass is 700 g/mol. The Bertz CT molecular complexity index is 3260. The summed E-state index contributed by atoms with van der Waals surface area (Å²) in [5.74, 6) is 0.683. The zero-order chi connectivity index (χ0) is 36.3. The third kappa shape index (κ3) is 5.36. The van der Waals surface area contributed by atoms with E-state index in [2.05, 4.69) is 164 Å². The van der Waals surface area contributed by atoms with E-state index in [-0.39, 0.29) is 0 Å². The summed E-state index contributed by atoms with van der Waals surface area (Å²) in [5.41, 5.74) is 10.9. The summed E-state index contributed by atoms with van der Waals surface area (Å²) >= 11 is 0. The molecular weight excluding hydrogens is 669 g/mol. The maximum atomic E-state index is 6.59. The van der Waals surface area contributed by atoms with Crippen molar-refractivity contribution >= 4 is 54.3 Å². The number of benzene rings is 9. The van der Waals surface area contributed by atoms with Crippen LogP contribution in [0.1, 0.15) is 0 Å². The molecule has 0 bridgehead atoms. The Balaban J connectivity index is 1.18. The van der Waals surface area contributed by atoms with Crippen LogP contribution in [-0.2, 0) is 0 Å². The van der Waals surface area contributed by atoms with Gasteiger partial charge in [0.1, 0.15) is 11.2 Å². The van der Waals surface area contributed by atoms with Gasteiger partial charge in [-0.05, 0) is 85.4 Å². The average Bonchev–Trinajstić information content (AvgIpc) is 3.65. The van der Waals surface area contributed by atoms with E-state index in [0.717, 1.165) is 72.3 Å². The van der Waals surface area contributed by atoms with Crippen molar-refractivity contribution in [2.45, 2.75) is 0 Å². The van der Waals surface area contributed by atoms with E-state index in [4.69, 9.17) is 14.4 Å². The molecule has 0 fully saturated rings. The van der Waals surface area contributed by atoms with Gasteiger partial charge in [-0.3, -0.25) is 0 Å². The second-order valence-corrected chi connectivity index (χ2v) is 14.2. The summed E-state index contributed by atoms with van der Waals surface area (Å²) in [6, 6.07) is 68.7. The smallest absolute Gasteiger partial charge is 0.160 e. The van der Waals surface area contributed by atoms with E-state index in [1.54, 1.807) is 0 Å². The number of nitrogens with zero attached hydrogens (tertiary/aromatic N) is 2. The van der Waals surface area contributed by atoms with E-state index in [1.165, 1.54) is 32.3 Å². The summed E-state index contributed by atoms with van der Waals surface area (Å²) in [6.07, 6.45) is 0. The fourth-order valence-corrected chi connectivity index (χ4v) is 8.16. The van der Waals surface area contributed by atoms with Gasteiger partial charge in [0.2, 0.25) is 0 Å². The Morgan fingerprint density at radius 1 is 0.309 bits per heavy atom. The van der Waals surface area contributed by atoms with Crippen molar-refractivity contribution in [3.63, 3.8) is 0 Å². The molecule has 0 aliphatic heterocycles. The minimum atomic E-state index is 0.683. The molecule has 0 aliphatic carbocycles. The number of fused-ring (bicyclic) bond motifs is 7. The molecule has 3 heteroatoms. The van der Waals surface area contributed by atoms with Crippen LogP contribution in [0.3, 0.4) is 0 Å². The molecule has 0 unspecified atom stereocenters. The van der Waals surface area contributed by atoms with E-state index >= 15 is 0 Å². The molecule has 0 aliphatic rings. The SMILES string of the molecule is c1ccc(-c2nc(-c3cc(-c4cccc5ccccc45)cc(-c4cccc5c4oc4ccccc45)c3)cc(-c3ccc4ccc5ccccc5c4c3)n2)cc1. The summed E-state index contributed by atoms with van der Waals surface area (Å²) < 4.78 is 6.59. The molecule has 2 heterocycles. The molecular formula is C52H32N2O. The van der Waals surface area contributed by atoms with Gasteiger partial charge in [0.25, 0.3) is 0 Å². The number of furan rings is 1. The third-order valence-corrected chi connectivity index (χ3v) is 10.8. The van der Waals surface area contributed by atoms with Crippen LogP contribution in [0.25, 0.3) is 110 Å². The standard InChI is InChI=1S/C52H32N2O/c1-2-14-36(15-3-1)52-53-48(37-27-26-35-25-24-34-13-5-7-18-42(34)47(35)31-37)32-49(54-52)40-29-38(43-20-10-16-33-12-4-6-17-41(33)43)28-39(30-40)44-21-11-22-46-45-19-8-9-23-50(45)55-51(44)46/h1-32H. The fourth-order valence-electron chi connectivity index (χ4n) is 8.16. The quantitative estimate of drug-likeness (QED) is 0.168. The van der Waals surface area contributed by atoms with Crippen molar-refractivity contribution in [2.75, 3.05) is 0 Å². The van der Waals surface area contributed by atoms with Crippen LogP contribution in [0.15, 0.2) is 199 Å². The van der Waals surface area contributed by atoms with Crippen LogP contribution < -0.4 is 0 Å². The molecule has 0 amide bonds. The summed E-state index contributed by atoms with van der Waals surface area (Å²) in [7, 11) is 0. The van der Waals surface area contributed by atoms with Gasteiger partial charge in [-0.2, -0.15) is 0 Å². The van der Waals surface area contributed by atoms with Gasteiger partial charge in [0.15, 0.2) is 5.82 Å². The second kappa shape index (κ2) is 12.6. The molecule has 2 aromatic heterocycles. The molecule has 11 aromatic rings. The van der Waals surface area contributed by atoms with Gasteiger partial charge in [0.05, 0.1) is 11.4 Å². The van der Waals surface area contributed by atoms with Crippen LogP contribution in [-0.4, -0.2) is 9.97 Å². The van der Waals surface area contributed by atoms with Crippen molar-refractivity contribution < 1.29 is 4.42 Å². The molecule has 11 rings (SSSR count). The topological polar surface area (TPSA) is 38.9 Å².